The van der Waals surface area contributed by atoms with Crippen LogP contribution in [0.3, 0.4) is 0 Å². The molecule has 1 heterocycles. The van der Waals surface area contributed by atoms with E-state index in [1.165, 1.54) is 30.3 Å². The summed E-state index contributed by atoms with van der Waals surface area (Å²) in [5.41, 5.74) is 0.619. The summed E-state index contributed by atoms with van der Waals surface area (Å²) in [6.45, 7) is -0.282. The van der Waals surface area contributed by atoms with Crippen LogP contribution in [0, 0.1) is 15.9 Å². The number of nitro groups is 1. The van der Waals surface area contributed by atoms with Gasteiger partial charge >= 0.3 is 0 Å². The summed E-state index contributed by atoms with van der Waals surface area (Å²) in [7, 11) is 0. The van der Waals surface area contributed by atoms with Gasteiger partial charge in [0.05, 0.1) is 17.5 Å². The highest BCUT2D eigenvalue weighted by molar-refractivity contribution is 7.99. The predicted octanol–water partition coefficient (Wildman–Crippen LogP) is 2.82. The molecule has 2 aromatic rings. The lowest BCUT2D eigenvalue weighted by Crippen LogP contribution is -2.39. The summed E-state index contributed by atoms with van der Waals surface area (Å²) in [4.78, 5) is 35.4. The van der Waals surface area contributed by atoms with Crippen LogP contribution in [0.5, 0.6) is 0 Å². The molecular formula is C18H16FN3O4S. The lowest BCUT2D eigenvalue weighted by molar-refractivity contribution is -0.384. The van der Waals surface area contributed by atoms with Crippen LogP contribution in [0.4, 0.5) is 10.1 Å². The van der Waals surface area contributed by atoms with Crippen molar-refractivity contribution in [2.45, 2.75) is 17.4 Å². The Hall–Kier alpha value is -2.94. The molecule has 9 heteroatoms. The number of hydrogen-bond acceptors (Lipinski definition) is 5. The van der Waals surface area contributed by atoms with E-state index in [0.29, 0.717) is 6.42 Å². The maximum absolute atomic E-state index is 13.5. The van der Waals surface area contributed by atoms with Gasteiger partial charge in [-0.15, -0.1) is 11.8 Å². The molecule has 0 aromatic heterocycles. The summed E-state index contributed by atoms with van der Waals surface area (Å²) in [6, 6.07) is 9.42. The van der Waals surface area contributed by atoms with Crippen molar-refractivity contribution in [3.05, 3.63) is 69.5 Å². The standard InChI is InChI=1S/C18H16FN3O4S/c19-12-4-5-16-14(9-12)15(6-7-27-16)21-17(23)10-20-18(24)11-2-1-3-13(8-11)22(25)26/h1-5,8-9,15H,6-7,10H2,(H,20,24)(H,21,23). The van der Waals surface area contributed by atoms with Gasteiger partial charge in [-0.2, -0.15) is 0 Å². The molecule has 1 atom stereocenters. The van der Waals surface area contributed by atoms with Crippen molar-refractivity contribution in [2.24, 2.45) is 0 Å². The summed E-state index contributed by atoms with van der Waals surface area (Å²) < 4.78 is 13.5. The summed E-state index contributed by atoms with van der Waals surface area (Å²) in [5, 5.41) is 16.0. The molecule has 0 spiro atoms. The molecule has 27 heavy (non-hydrogen) atoms. The number of rotatable bonds is 5. The van der Waals surface area contributed by atoms with Crippen LogP contribution in [-0.4, -0.2) is 29.0 Å². The van der Waals surface area contributed by atoms with Gasteiger partial charge in [0.2, 0.25) is 5.91 Å². The smallest absolute Gasteiger partial charge is 0.270 e. The molecule has 1 aliphatic heterocycles. The molecule has 2 amide bonds. The summed E-state index contributed by atoms with van der Waals surface area (Å²) in [5.74, 6) is -0.571. The minimum absolute atomic E-state index is 0.0958. The number of hydrogen-bond donors (Lipinski definition) is 2. The quantitative estimate of drug-likeness (QED) is 0.605. The first-order valence-electron chi connectivity index (χ1n) is 8.18. The average Bonchev–Trinajstić information content (AvgIpc) is 2.66. The largest absolute Gasteiger partial charge is 0.348 e. The van der Waals surface area contributed by atoms with Crippen LogP contribution in [-0.2, 0) is 4.79 Å². The summed E-state index contributed by atoms with van der Waals surface area (Å²) in [6.07, 6.45) is 0.658. The van der Waals surface area contributed by atoms with Crippen LogP contribution >= 0.6 is 11.8 Å². The number of nitro benzene ring substituents is 1. The Labute approximate surface area is 158 Å². The third-order valence-corrected chi connectivity index (χ3v) is 5.20. The van der Waals surface area contributed by atoms with Gasteiger partial charge in [0, 0.05) is 28.3 Å². The maximum Gasteiger partial charge on any atom is 0.270 e. The average molecular weight is 389 g/mol. The van der Waals surface area contributed by atoms with Gasteiger partial charge in [0.15, 0.2) is 0 Å². The highest BCUT2D eigenvalue weighted by atomic mass is 32.2. The zero-order valence-electron chi connectivity index (χ0n) is 14.1. The highest BCUT2D eigenvalue weighted by Gasteiger charge is 2.23. The first-order chi connectivity index (χ1) is 12.9. The number of carbonyl (C=O) groups excluding carboxylic acids is 2. The number of nitrogens with zero attached hydrogens (tertiary/aromatic N) is 1. The second kappa shape index (κ2) is 8.17. The van der Waals surface area contributed by atoms with Gasteiger partial charge in [0.1, 0.15) is 5.82 Å². The molecular weight excluding hydrogens is 373 g/mol. The van der Waals surface area contributed by atoms with E-state index in [4.69, 9.17) is 0 Å². The molecule has 0 saturated carbocycles. The van der Waals surface area contributed by atoms with Crippen LogP contribution in [0.25, 0.3) is 0 Å². The highest BCUT2D eigenvalue weighted by Crippen LogP contribution is 2.36. The van der Waals surface area contributed by atoms with E-state index in [2.05, 4.69) is 10.6 Å². The van der Waals surface area contributed by atoms with Crippen molar-refractivity contribution < 1.29 is 18.9 Å². The predicted molar refractivity (Wildman–Crippen MR) is 98.1 cm³/mol. The molecule has 0 bridgehead atoms. The van der Waals surface area contributed by atoms with Crippen LogP contribution in [0.2, 0.25) is 0 Å². The minimum atomic E-state index is -0.596. The molecule has 0 fully saturated rings. The van der Waals surface area contributed by atoms with Crippen LogP contribution in [0.1, 0.15) is 28.4 Å². The molecule has 2 N–H and O–H groups in total. The SMILES string of the molecule is O=C(CNC(=O)c1cccc([N+](=O)[O-])c1)NC1CCSc2ccc(F)cc21. The van der Waals surface area contributed by atoms with Gasteiger partial charge in [-0.25, -0.2) is 4.39 Å². The molecule has 140 valence electrons. The van der Waals surface area contributed by atoms with E-state index >= 15 is 0 Å². The molecule has 0 radical (unpaired) electrons. The number of fused-ring (bicyclic) bond motifs is 1. The van der Waals surface area contributed by atoms with E-state index in [1.807, 2.05) is 0 Å². The van der Waals surface area contributed by atoms with E-state index in [-0.39, 0.29) is 29.7 Å². The Bertz CT molecular complexity index is 906. The molecule has 0 saturated heterocycles. The van der Waals surface area contributed by atoms with Gasteiger partial charge in [-0.3, -0.25) is 19.7 Å². The fraction of sp³-hybridized carbons (Fsp3) is 0.222. The molecule has 0 aliphatic carbocycles. The number of benzene rings is 2. The number of nitrogens with one attached hydrogen (secondary N) is 2. The van der Waals surface area contributed by atoms with Gasteiger partial charge in [-0.1, -0.05) is 6.07 Å². The fourth-order valence-electron chi connectivity index (χ4n) is 2.78. The topological polar surface area (TPSA) is 101 Å². The Morgan fingerprint density at radius 3 is 2.85 bits per heavy atom. The van der Waals surface area contributed by atoms with Crippen molar-refractivity contribution >= 4 is 29.3 Å². The van der Waals surface area contributed by atoms with Gasteiger partial charge in [-0.05, 0) is 36.2 Å². The van der Waals surface area contributed by atoms with Crippen molar-refractivity contribution in [1.82, 2.24) is 10.6 Å². The van der Waals surface area contributed by atoms with E-state index < -0.39 is 16.7 Å². The minimum Gasteiger partial charge on any atom is -0.348 e. The number of halogens is 1. The van der Waals surface area contributed by atoms with Crippen LogP contribution in [0.15, 0.2) is 47.4 Å². The Morgan fingerprint density at radius 1 is 1.26 bits per heavy atom. The van der Waals surface area contributed by atoms with E-state index in [1.54, 1.807) is 17.8 Å². The fourth-order valence-corrected chi connectivity index (χ4v) is 3.89. The number of thioether (sulfide) groups is 1. The zero-order chi connectivity index (χ0) is 19.4. The lowest BCUT2D eigenvalue weighted by atomic mass is 10.0. The van der Waals surface area contributed by atoms with Gasteiger partial charge < -0.3 is 10.6 Å². The van der Waals surface area contributed by atoms with Crippen LogP contribution < -0.4 is 10.6 Å². The molecule has 7 nitrogen and oxygen atoms in total. The van der Waals surface area contributed by atoms with Crippen molar-refractivity contribution in [3.63, 3.8) is 0 Å². The zero-order valence-corrected chi connectivity index (χ0v) is 14.9. The maximum atomic E-state index is 13.5. The normalized spacial score (nSPS) is 15.5. The lowest BCUT2D eigenvalue weighted by Gasteiger charge is -2.26. The van der Waals surface area contributed by atoms with E-state index in [9.17, 15) is 24.1 Å². The number of carbonyl (C=O) groups is 2. The molecule has 1 aliphatic rings. The second-order valence-electron chi connectivity index (χ2n) is 5.93. The number of amides is 2. The van der Waals surface area contributed by atoms with Crippen molar-refractivity contribution in [2.75, 3.05) is 12.3 Å². The van der Waals surface area contributed by atoms with Crippen molar-refractivity contribution in [3.8, 4) is 0 Å². The molecule has 2 aromatic carbocycles. The molecule has 3 rings (SSSR count). The summed E-state index contributed by atoms with van der Waals surface area (Å²) >= 11 is 1.60. The van der Waals surface area contributed by atoms with Gasteiger partial charge in [0.25, 0.3) is 11.6 Å². The second-order valence-corrected chi connectivity index (χ2v) is 7.07. The van der Waals surface area contributed by atoms with E-state index in [0.717, 1.165) is 22.3 Å². The Morgan fingerprint density at radius 2 is 2.07 bits per heavy atom. The third-order valence-electron chi connectivity index (χ3n) is 4.08. The Kier molecular flexibility index (Phi) is 5.70. The number of non-ortho nitro benzene ring substituents is 1. The first kappa shape index (κ1) is 18.8. The Balaban J connectivity index is 1.59. The monoisotopic (exact) mass is 389 g/mol. The molecule has 1 unspecified atom stereocenters. The van der Waals surface area contributed by atoms with Crippen molar-refractivity contribution in [1.29, 1.82) is 0 Å². The third kappa shape index (κ3) is 4.62. The first-order valence-corrected chi connectivity index (χ1v) is 9.17.